The summed E-state index contributed by atoms with van der Waals surface area (Å²) in [6.45, 7) is 2.81. The zero-order valence-electron chi connectivity index (χ0n) is 16.9. The van der Waals surface area contributed by atoms with Gasteiger partial charge < -0.3 is 11.1 Å². The van der Waals surface area contributed by atoms with Gasteiger partial charge in [0.15, 0.2) is 0 Å². The molecule has 1 atom stereocenters. The Bertz CT molecular complexity index is 1190. The Morgan fingerprint density at radius 3 is 2.83 bits per heavy atom. The van der Waals surface area contributed by atoms with Crippen LogP contribution in [0, 0.1) is 12.8 Å². The Balaban J connectivity index is 1.60. The number of hydrogen-bond donors (Lipinski definition) is 2. The minimum absolute atomic E-state index is 0.0313. The van der Waals surface area contributed by atoms with Gasteiger partial charge in [0.2, 0.25) is 0 Å². The van der Waals surface area contributed by atoms with Gasteiger partial charge in [-0.15, -0.1) is 0 Å². The lowest BCUT2D eigenvalue weighted by molar-refractivity contribution is 0.0951. The first-order valence-electron chi connectivity index (χ1n) is 10.3. The van der Waals surface area contributed by atoms with E-state index in [-0.39, 0.29) is 5.91 Å². The van der Waals surface area contributed by atoms with Crippen molar-refractivity contribution in [2.45, 2.75) is 25.3 Å². The number of aromatic nitrogens is 1. The van der Waals surface area contributed by atoms with Crippen molar-refractivity contribution in [2.24, 2.45) is 10.9 Å². The van der Waals surface area contributed by atoms with Crippen LogP contribution in [0.3, 0.4) is 0 Å². The van der Waals surface area contributed by atoms with Crippen LogP contribution in [0.15, 0.2) is 65.8 Å². The van der Waals surface area contributed by atoms with E-state index in [9.17, 15) is 4.79 Å². The number of aryl methyl sites for hydroxylation is 1. The Kier molecular flexibility index (Phi) is 4.39. The molecule has 2 aromatic carbocycles. The van der Waals surface area contributed by atoms with Gasteiger partial charge in [0.1, 0.15) is 5.54 Å². The molecule has 3 aromatic rings. The number of nitrogens with one attached hydrogen (secondary N) is 1. The minimum atomic E-state index is -0.687. The standard InChI is InChI=1S/C25H24N4O/c1-16-3-6-18(24(30)28-15-17-4-5-17)13-21(16)25(10-2-11-29-25)19-7-8-23-20(14-19)22(26)9-12-27-23/h2-3,6-14,17H,4-5,15H2,1H3,(H2,26,27)(H,28,30). The number of hydrogen-bond acceptors (Lipinski definition) is 4. The number of fused-ring (bicyclic) bond motifs is 1. The number of nitrogens with two attached hydrogens (primary N) is 1. The molecule has 1 aliphatic heterocycles. The SMILES string of the molecule is Cc1ccc(C(=O)NCC2CC2)cc1C1(c2ccc3nccc(N)c3c2)C=CC=N1. The maximum Gasteiger partial charge on any atom is 0.251 e. The number of rotatable bonds is 5. The van der Waals surface area contributed by atoms with Crippen molar-refractivity contribution in [1.29, 1.82) is 0 Å². The third-order valence-electron chi connectivity index (χ3n) is 6.08. The lowest BCUT2D eigenvalue weighted by atomic mass is 9.80. The molecule has 0 bridgehead atoms. The van der Waals surface area contributed by atoms with Crippen LogP contribution in [-0.2, 0) is 5.54 Å². The van der Waals surface area contributed by atoms with Gasteiger partial charge in [0.25, 0.3) is 5.91 Å². The van der Waals surface area contributed by atoms with Gasteiger partial charge in [0.05, 0.1) is 5.52 Å². The molecule has 2 heterocycles. The van der Waals surface area contributed by atoms with E-state index in [2.05, 4.69) is 29.4 Å². The van der Waals surface area contributed by atoms with E-state index in [0.29, 0.717) is 17.2 Å². The topological polar surface area (TPSA) is 80.4 Å². The zero-order valence-corrected chi connectivity index (χ0v) is 16.9. The van der Waals surface area contributed by atoms with Crippen LogP contribution in [0.2, 0.25) is 0 Å². The van der Waals surface area contributed by atoms with Crippen LogP contribution in [-0.4, -0.2) is 23.7 Å². The summed E-state index contributed by atoms with van der Waals surface area (Å²) in [6, 6.07) is 13.8. The molecule has 1 amide bonds. The van der Waals surface area contributed by atoms with E-state index in [0.717, 1.165) is 34.1 Å². The second-order valence-electron chi connectivity index (χ2n) is 8.22. The summed E-state index contributed by atoms with van der Waals surface area (Å²) in [5.74, 6) is 0.612. The fraction of sp³-hybridized carbons (Fsp3) is 0.240. The molecule has 1 saturated carbocycles. The van der Waals surface area contributed by atoms with Gasteiger partial charge in [-0.25, -0.2) is 0 Å². The highest BCUT2D eigenvalue weighted by Gasteiger charge is 2.35. The van der Waals surface area contributed by atoms with Gasteiger partial charge in [-0.3, -0.25) is 14.8 Å². The minimum Gasteiger partial charge on any atom is -0.398 e. The number of anilines is 1. The van der Waals surface area contributed by atoms with E-state index in [1.54, 1.807) is 6.20 Å². The molecule has 3 N–H and O–H groups in total. The predicted octanol–water partition coefficient (Wildman–Crippen LogP) is 4.15. The largest absolute Gasteiger partial charge is 0.398 e. The summed E-state index contributed by atoms with van der Waals surface area (Å²) >= 11 is 0. The summed E-state index contributed by atoms with van der Waals surface area (Å²) < 4.78 is 0. The predicted molar refractivity (Wildman–Crippen MR) is 121 cm³/mol. The molecule has 30 heavy (non-hydrogen) atoms. The molecule has 0 spiro atoms. The summed E-state index contributed by atoms with van der Waals surface area (Å²) in [5.41, 5.74) is 10.8. The van der Waals surface area contributed by atoms with Crippen molar-refractivity contribution in [3.8, 4) is 0 Å². The van der Waals surface area contributed by atoms with E-state index >= 15 is 0 Å². The van der Waals surface area contributed by atoms with Crippen LogP contribution in [0.1, 0.15) is 39.9 Å². The Labute approximate surface area is 175 Å². The van der Waals surface area contributed by atoms with Gasteiger partial charge in [-0.1, -0.05) is 12.1 Å². The number of nitrogen functional groups attached to an aromatic ring is 1. The monoisotopic (exact) mass is 396 g/mol. The van der Waals surface area contributed by atoms with E-state index in [1.165, 1.54) is 12.8 Å². The molecule has 1 aromatic heterocycles. The second-order valence-corrected chi connectivity index (χ2v) is 8.22. The Hall–Kier alpha value is -3.47. The zero-order chi connectivity index (χ0) is 20.7. The van der Waals surface area contributed by atoms with Crippen molar-refractivity contribution in [2.75, 3.05) is 12.3 Å². The highest BCUT2D eigenvalue weighted by atomic mass is 16.1. The van der Waals surface area contributed by atoms with E-state index in [4.69, 9.17) is 10.7 Å². The van der Waals surface area contributed by atoms with Crippen LogP contribution in [0.5, 0.6) is 0 Å². The van der Waals surface area contributed by atoms with E-state index in [1.807, 2.05) is 48.7 Å². The van der Waals surface area contributed by atoms with Gasteiger partial charge in [-0.05, 0) is 84.9 Å². The first kappa shape index (κ1) is 18.6. The highest BCUT2D eigenvalue weighted by molar-refractivity contribution is 5.95. The Morgan fingerprint density at radius 2 is 2.07 bits per heavy atom. The number of carbonyl (C=O) groups excluding carboxylic acids is 1. The maximum atomic E-state index is 12.7. The van der Waals surface area contributed by atoms with Crippen molar-refractivity contribution in [3.63, 3.8) is 0 Å². The Morgan fingerprint density at radius 1 is 1.20 bits per heavy atom. The molecule has 1 fully saturated rings. The number of benzene rings is 2. The molecule has 0 radical (unpaired) electrons. The maximum absolute atomic E-state index is 12.7. The number of allylic oxidation sites excluding steroid dienone is 1. The first-order valence-corrected chi connectivity index (χ1v) is 10.3. The fourth-order valence-corrected chi connectivity index (χ4v) is 4.11. The number of nitrogens with zero attached hydrogens (tertiary/aromatic N) is 2. The lowest BCUT2D eigenvalue weighted by Gasteiger charge is -2.28. The molecular formula is C25H24N4O. The molecule has 1 aliphatic carbocycles. The molecule has 1 unspecified atom stereocenters. The number of amides is 1. The average Bonchev–Trinajstić information content (AvgIpc) is 3.46. The number of aliphatic imine (C=N–C) groups is 1. The van der Waals surface area contributed by atoms with Crippen molar-refractivity contribution in [1.82, 2.24) is 10.3 Å². The van der Waals surface area contributed by atoms with Gasteiger partial charge in [-0.2, -0.15) is 0 Å². The van der Waals surface area contributed by atoms with Crippen molar-refractivity contribution < 1.29 is 4.79 Å². The van der Waals surface area contributed by atoms with Crippen molar-refractivity contribution in [3.05, 3.63) is 83.1 Å². The normalized spacial score (nSPS) is 20.0. The number of carbonyl (C=O) groups is 1. The molecule has 2 aliphatic rings. The highest BCUT2D eigenvalue weighted by Crippen LogP contribution is 2.41. The molecule has 150 valence electrons. The fourth-order valence-electron chi connectivity index (χ4n) is 4.11. The molecule has 5 rings (SSSR count). The second kappa shape index (κ2) is 7.10. The summed E-state index contributed by atoms with van der Waals surface area (Å²) in [5, 5.41) is 3.97. The summed E-state index contributed by atoms with van der Waals surface area (Å²) in [7, 11) is 0. The van der Waals surface area contributed by atoms with Crippen LogP contribution < -0.4 is 11.1 Å². The smallest absolute Gasteiger partial charge is 0.251 e. The van der Waals surface area contributed by atoms with E-state index < -0.39 is 5.54 Å². The lowest BCUT2D eigenvalue weighted by Crippen LogP contribution is -2.27. The summed E-state index contributed by atoms with van der Waals surface area (Å²) in [4.78, 5) is 22.0. The number of pyridine rings is 1. The summed E-state index contributed by atoms with van der Waals surface area (Å²) in [6.07, 6.45) is 9.99. The van der Waals surface area contributed by atoms with Gasteiger partial charge >= 0.3 is 0 Å². The third-order valence-corrected chi connectivity index (χ3v) is 6.08. The molecule has 0 saturated heterocycles. The first-order chi connectivity index (χ1) is 14.6. The van der Waals surface area contributed by atoms with Gasteiger partial charge in [0, 0.05) is 35.6 Å². The van der Waals surface area contributed by atoms with Crippen LogP contribution in [0.4, 0.5) is 5.69 Å². The quantitative estimate of drug-likeness (QED) is 0.680. The van der Waals surface area contributed by atoms with Crippen LogP contribution >= 0.6 is 0 Å². The van der Waals surface area contributed by atoms with Crippen LogP contribution in [0.25, 0.3) is 10.9 Å². The molecule has 5 heteroatoms. The van der Waals surface area contributed by atoms with Crippen molar-refractivity contribution >= 4 is 28.7 Å². The molecular weight excluding hydrogens is 372 g/mol. The molecule has 5 nitrogen and oxygen atoms in total. The third kappa shape index (κ3) is 3.16. The average molecular weight is 396 g/mol.